The highest BCUT2D eigenvalue weighted by molar-refractivity contribution is 7.99. The van der Waals surface area contributed by atoms with Crippen molar-refractivity contribution in [1.82, 2.24) is 0 Å². The molecule has 1 rings (SSSR count). The summed E-state index contributed by atoms with van der Waals surface area (Å²) in [4.78, 5) is 1.41. The average Bonchev–Trinajstić information content (AvgIpc) is 2.65. The summed E-state index contributed by atoms with van der Waals surface area (Å²) in [5.41, 5.74) is 0. The third-order valence-electron chi connectivity index (χ3n) is 4.67. The standard InChI is InChI=1S/C24H40S/c1-2-3-4-5-6-7-8-9-10-11-12-13-14-15-16-20-23-25-24-21-18-17-19-22-24/h9-10,17-19,21-22H,2-8,11-16,20,23H2,1H3/b10-9-. The Balaban J connectivity index is 1.75. The molecular weight excluding hydrogens is 320 g/mol. The fourth-order valence-corrected chi connectivity index (χ4v) is 3.99. The molecule has 0 N–H and O–H groups in total. The van der Waals surface area contributed by atoms with Crippen LogP contribution in [0.1, 0.15) is 96.8 Å². The molecule has 1 aromatic rings. The molecule has 0 saturated heterocycles. The van der Waals surface area contributed by atoms with E-state index in [1.165, 1.54) is 101 Å². The highest BCUT2D eigenvalue weighted by Gasteiger charge is 1.94. The van der Waals surface area contributed by atoms with Crippen LogP contribution in [0.25, 0.3) is 0 Å². The molecule has 0 unspecified atom stereocenters. The molecule has 1 aromatic carbocycles. The first-order valence-electron chi connectivity index (χ1n) is 10.8. The summed E-state index contributed by atoms with van der Waals surface area (Å²) >= 11 is 2.00. The lowest BCUT2D eigenvalue weighted by atomic mass is 10.1. The molecule has 0 nitrogen and oxygen atoms in total. The number of hydrogen-bond acceptors (Lipinski definition) is 1. The van der Waals surface area contributed by atoms with E-state index in [0.29, 0.717) is 0 Å². The van der Waals surface area contributed by atoms with Crippen LogP contribution in [0, 0.1) is 0 Å². The Bertz CT molecular complexity index is 396. The van der Waals surface area contributed by atoms with Crippen molar-refractivity contribution in [1.29, 1.82) is 0 Å². The third-order valence-corrected chi connectivity index (χ3v) is 5.77. The smallest absolute Gasteiger partial charge is 0.00719 e. The summed E-state index contributed by atoms with van der Waals surface area (Å²) in [6, 6.07) is 10.8. The van der Waals surface area contributed by atoms with E-state index in [1.807, 2.05) is 11.8 Å². The second-order valence-electron chi connectivity index (χ2n) is 7.10. The zero-order chi connectivity index (χ0) is 17.8. The number of unbranched alkanes of at least 4 members (excludes halogenated alkanes) is 12. The third kappa shape index (κ3) is 15.3. The van der Waals surface area contributed by atoms with Crippen LogP contribution in [-0.4, -0.2) is 5.75 Å². The summed E-state index contributed by atoms with van der Waals surface area (Å²) in [6.45, 7) is 2.29. The largest absolute Gasteiger partial charge is 0.126 e. The fourth-order valence-electron chi connectivity index (χ4n) is 3.06. The molecule has 25 heavy (non-hydrogen) atoms. The van der Waals surface area contributed by atoms with E-state index in [1.54, 1.807) is 0 Å². The van der Waals surface area contributed by atoms with Gasteiger partial charge in [0.25, 0.3) is 0 Å². The molecule has 0 aliphatic carbocycles. The number of rotatable bonds is 17. The van der Waals surface area contributed by atoms with Gasteiger partial charge in [-0.3, -0.25) is 0 Å². The van der Waals surface area contributed by atoms with Crippen molar-refractivity contribution in [2.24, 2.45) is 0 Å². The summed E-state index contributed by atoms with van der Waals surface area (Å²) in [6.07, 6.45) is 24.3. The van der Waals surface area contributed by atoms with Crippen LogP contribution >= 0.6 is 11.8 Å². The van der Waals surface area contributed by atoms with E-state index < -0.39 is 0 Å². The quantitative estimate of drug-likeness (QED) is 0.152. The van der Waals surface area contributed by atoms with Crippen LogP contribution in [0.4, 0.5) is 0 Å². The van der Waals surface area contributed by atoms with Crippen LogP contribution < -0.4 is 0 Å². The van der Waals surface area contributed by atoms with E-state index >= 15 is 0 Å². The van der Waals surface area contributed by atoms with Crippen LogP contribution in [0.5, 0.6) is 0 Å². The highest BCUT2D eigenvalue weighted by atomic mass is 32.2. The van der Waals surface area contributed by atoms with Crippen molar-refractivity contribution in [3.8, 4) is 0 Å². The molecule has 0 fully saturated rings. The maximum absolute atomic E-state index is 2.42. The highest BCUT2D eigenvalue weighted by Crippen LogP contribution is 2.19. The van der Waals surface area contributed by atoms with E-state index in [2.05, 4.69) is 49.4 Å². The zero-order valence-electron chi connectivity index (χ0n) is 16.6. The van der Waals surface area contributed by atoms with Gasteiger partial charge in [0.05, 0.1) is 0 Å². The number of benzene rings is 1. The molecule has 0 spiro atoms. The van der Waals surface area contributed by atoms with Gasteiger partial charge in [-0.1, -0.05) is 95.1 Å². The predicted molar refractivity (Wildman–Crippen MR) is 117 cm³/mol. The van der Waals surface area contributed by atoms with Crippen molar-refractivity contribution < 1.29 is 0 Å². The van der Waals surface area contributed by atoms with Gasteiger partial charge in [0.2, 0.25) is 0 Å². The minimum Gasteiger partial charge on any atom is -0.126 e. The van der Waals surface area contributed by atoms with Gasteiger partial charge >= 0.3 is 0 Å². The SMILES string of the molecule is CCCCCCCC/C=C\CCCCCCCCSc1ccccc1. The number of thioether (sulfide) groups is 1. The van der Waals surface area contributed by atoms with Crippen LogP contribution in [0.2, 0.25) is 0 Å². The molecule has 142 valence electrons. The average molecular weight is 361 g/mol. The van der Waals surface area contributed by atoms with E-state index in [9.17, 15) is 0 Å². The Hall–Kier alpha value is -0.690. The molecule has 0 radical (unpaired) electrons. The second-order valence-corrected chi connectivity index (χ2v) is 8.27. The zero-order valence-corrected chi connectivity index (χ0v) is 17.4. The Kier molecular flexibility index (Phi) is 16.2. The topological polar surface area (TPSA) is 0 Å². The van der Waals surface area contributed by atoms with Gasteiger partial charge in [0.15, 0.2) is 0 Å². The van der Waals surface area contributed by atoms with Gasteiger partial charge in [-0.15, -0.1) is 11.8 Å². The molecular formula is C24H40S. The number of hydrogen-bond donors (Lipinski definition) is 0. The fraction of sp³-hybridized carbons (Fsp3) is 0.667. The Morgan fingerprint density at radius 1 is 0.640 bits per heavy atom. The Labute approximate surface area is 161 Å². The molecule has 0 aliphatic rings. The minimum absolute atomic E-state index is 1.27. The lowest BCUT2D eigenvalue weighted by molar-refractivity contribution is 0.607. The predicted octanol–water partition coefficient (Wildman–Crippen LogP) is 8.82. The van der Waals surface area contributed by atoms with Crippen molar-refractivity contribution in [2.75, 3.05) is 5.75 Å². The normalized spacial score (nSPS) is 11.4. The van der Waals surface area contributed by atoms with Crippen molar-refractivity contribution in [3.63, 3.8) is 0 Å². The molecule has 0 aliphatic heterocycles. The summed E-state index contributed by atoms with van der Waals surface area (Å²) in [5.74, 6) is 1.27. The summed E-state index contributed by atoms with van der Waals surface area (Å²) in [7, 11) is 0. The van der Waals surface area contributed by atoms with Gasteiger partial charge in [-0.25, -0.2) is 0 Å². The van der Waals surface area contributed by atoms with E-state index in [0.717, 1.165) is 0 Å². The first-order valence-corrected chi connectivity index (χ1v) is 11.7. The monoisotopic (exact) mass is 360 g/mol. The van der Waals surface area contributed by atoms with Crippen LogP contribution in [0.3, 0.4) is 0 Å². The van der Waals surface area contributed by atoms with E-state index in [4.69, 9.17) is 0 Å². The Morgan fingerprint density at radius 3 is 1.76 bits per heavy atom. The number of allylic oxidation sites excluding steroid dienone is 2. The first-order chi connectivity index (χ1) is 12.4. The second kappa shape index (κ2) is 18.1. The van der Waals surface area contributed by atoms with Crippen molar-refractivity contribution in [2.45, 2.75) is 102 Å². The van der Waals surface area contributed by atoms with E-state index in [-0.39, 0.29) is 0 Å². The van der Waals surface area contributed by atoms with Crippen molar-refractivity contribution in [3.05, 3.63) is 42.5 Å². The molecule has 0 bridgehead atoms. The summed E-state index contributed by atoms with van der Waals surface area (Å²) in [5, 5.41) is 0. The summed E-state index contributed by atoms with van der Waals surface area (Å²) < 4.78 is 0. The van der Waals surface area contributed by atoms with Crippen molar-refractivity contribution >= 4 is 11.8 Å². The van der Waals surface area contributed by atoms with Crippen LogP contribution in [-0.2, 0) is 0 Å². The first kappa shape index (κ1) is 22.4. The molecule has 0 atom stereocenters. The van der Waals surface area contributed by atoms with Gasteiger partial charge in [0, 0.05) is 4.90 Å². The lowest BCUT2D eigenvalue weighted by Gasteiger charge is -2.02. The molecule has 0 aromatic heterocycles. The Morgan fingerprint density at radius 2 is 1.16 bits per heavy atom. The molecule has 0 amide bonds. The lowest BCUT2D eigenvalue weighted by Crippen LogP contribution is -1.83. The van der Waals surface area contributed by atoms with Gasteiger partial charge in [-0.05, 0) is 50.0 Å². The molecule has 1 heteroatoms. The maximum atomic E-state index is 2.42. The molecule has 0 heterocycles. The van der Waals surface area contributed by atoms with Crippen LogP contribution in [0.15, 0.2) is 47.4 Å². The molecule has 0 saturated carbocycles. The van der Waals surface area contributed by atoms with Gasteiger partial charge in [0.1, 0.15) is 0 Å². The maximum Gasteiger partial charge on any atom is 0.00719 e. The minimum atomic E-state index is 1.27. The van der Waals surface area contributed by atoms with Gasteiger partial charge < -0.3 is 0 Å². The van der Waals surface area contributed by atoms with Gasteiger partial charge in [-0.2, -0.15) is 0 Å².